The average Bonchev–Trinajstić information content (AvgIpc) is 2.43. The van der Waals surface area contributed by atoms with Gasteiger partial charge in [0.1, 0.15) is 0 Å². The lowest BCUT2D eigenvalue weighted by atomic mass is 9.89. The lowest BCUT2D eigenvalue weighted by Gasteiger charge is -2.32. The zero-order valence-electron chi connectivity index (χ0n) is 12.0. The van der Waals surface area contributed by atoms with E-state index in [1.165, 1.54) is 0 Å². The molecule has 18 heavy (non-hydrogen) atoms. The highest BCUT2D eigenvalue weighted by molar-refractivity contribution is 6.51. The Morgan fingerprint density at radius 3 is 2.28 bits per heavy atom. The van der Waals surface area contributed by atoms with Gasteiger partial charge in [0.25, 0.3) is 0 Å². The van der Waals surface area contributed by atoms with Gasteiger partial charge in [0, 0.05) is 6.42 Å². The Morgan fingerprint density at radius 1 is 1.22 bits per heavy atom. The normalized spacial score (nSPS) is 21.5. The van der Waals surface area contributed by atoms with Gasteiger partial charge in [-0.25, -0.2) is 0 Å². The number of rotatable bonds is 5. The molecule has 1 fully saturated rings. The van der Waals surface area contributed by atoms with E-state index in [1.54, 1.807) is 6.92 Å². The van der Waals surface area contributed by atoms with Gasteiger partial charge in [-0.05, 0) is 41.0 Å². The van der Waals surface area contributed by atoms with E-state index in [9.17, 15) is 4.79 Å². The molecule has 1 saturated heterocycles. The first-order valence-electron chi connectivity index (χ1n) is 6.46. The molecule has 0 aliphatic carbocycles. The summed E-state index contributed by atoms with van der Waals surface area (Å²) in [4.78, 5) is 11.1. The van der Waals surface area contributed by atoms with E-state index in [-0.39, 0.29) is 24.3 Å². The number of carbonyl (C=O) groups excluding carboxylic acids is 1. The summed E-state index contributed by atoms with van der Waals surface area (Å²) in [6.45, 7) is 10.3. The maximum atomic E-state index is 11.1. The molecule has 0 aromatic carbocycles. The summed E-state index contributed by atoms with van der Waals surface area (Å²) in [5.41, 5.74) is -0.633. The van der Waals surface area contributed by atoms with Crippen molar-refractivity contribution >= 4 is 13.1 Å². The van der Waals surface area contributed by atoms with Crippen molar-refractivity contribution in [1.82, 2.24) is 0 Å². The van der Waals surface area contributed by atoms with Gasteiger partial charge in [0.2, 0.25) is 0 Å². The van der Waals surface area contributed by atoms with E-state index in [2.05, 4.69) is 0 Å². The second-order valence-corrected chi connectivity index (χ2v) is 5.40. The molecule has 0 atom stereocenters. The molecule has 0 N–H and O–H groups in total. The summed E-state index contributed by atoms with van der Waals surface area (Å²) in [7, 11) is -0.336. The molecule has 4 nitrogen and oxygen atoms in total. The quantitative estimate of drug-likeness (QED) is 0.558. The third-order valence-corrected chi connectivity index (χ3v) is 3.39. The Kier molecular flexibility index (Phi) is 4.99. The van der Waals surface area contributed by atoms with Crippen LogP contribution in [-0.2, 0) is 18.8 Å². The zero-order valence-corrected chi connectivity index (χ0v) is 12.0. The van der Waals surface area contributed by atoms with Crippen molar-refractivity contribution < 1.29 is 18.8 Å². The molecule has 1 aliphatic rings. The molecule has 102 valence electrons. The molecular weight excluding hydrogens is 231 g/mol. The Bertz CT molecular complexity index is 307. The first-order chi connectivity index (χ1) is 8.28. The monoisotopic (exact) mass is 254 g/mol. The Labute approximate surface area is 110 Å². The molecule has 0 saturated carbocycles. The van der Waals surface area contributed by atoms with E-state index >= 15 is 0 Å². The fourth-order valence-corrected chi connectivity index (χ4v) is 1.61. The predicted octanol–water partition coefficient (Wildman–Crippen LogP) is 2.52. The topological polar surface area (TPSA) is 44.8 Å². The van der Waals surface area contributed by atoms with Crippen molar-refractivity contribution in [2.24, 2.45) is 0 Å². The highest BCUT2D eigenvalue weighted by Crippen LogP contribution is 2.36. The first-order valence-corrected chi connectivity index (χ1v) is 6.46. The third-order valence-electron chi connectivity index (χ3n) is 3.39. The predicted molar refractivity (Wildman–Crippen MR) is 71.1 cm³/mol. The minimum atomic E-state index is -0.336. The second-order valence-electron chi connectivity index (χ2n) is 5.40. The number of carbonyl (C=O) groups is 1. The molecule has 0 radical (unpaired) electrons. The lowest BCUT2D eigenvalue weighted by molar-refractivity contribution is -0.143. The maximum absolute atomic E-state index is 11.1. The number of esters is 1. The minimum Gasteiger partial charge on any atom is -0.466 e. The average molecular weight is 254 g/mol. The standard InChI is InChI=1S/C13H23BO4/c1-6-16-11(15)9-7-8-10-14-17-12(2,3)13(4,5)18-14/h8,10H,6-7,9H2,1-5H3/b10-8+. The van der Waals surface area contributed by atoms with Gasteiger partial charge in [-0.3, -0.25) is 4.79 Å². The Hall–Kier alpha value is -0.805. The van der Waals surface area contributed by atoms with Gasteiger partial charge in [0.05, 0.1) is 17.8 Å². The van der Waals surface area contributed by atoms with Crippen LogP contribution in [-0.4, -0.2) is 30.9 Å². The van der Waals surface area contributed by atoms with Crippen molar-refractivity contribution in [2.45, 2.75) is 58.7 Å². The highest BCUT2D eigenvalue weighted by Gasteiger charge is 2.49. The molecule has 0 unspecified atom stereocenters. The third kappa shape index (κ3) is 3.85. The van der Waals surface area contributed by atoms with Crippen LogP contribution in [0.15, 0.2) is 12.1 Å². The molecular formula is C13H23BO4. The van der Waals surface area contributed by atoms with E-state index in [0.29, 0.717) is 19.4 Å². The highest BCUT2D eigenvalue weighted by atomic mass is 16.7. The fraction of sp³-hybridized carbons (Fsp3) is 0.769. The van der Waals surface area contributed by atoms with Crippen LogP contribution in [0.3, 0.4) is 0 Å². The van der Waals surface area contributed by atoms with E-state index < -0.39 is 0 Å². The van der Waals surface area contributed by atoms with Gasteiger partial charge < -0.3 is 14.0 Å². The van der Waals surface area contributed by atoms with Gasteiger partial charge in [-0.2, -0.15) is 0 Å². The first kappa shape index (κ1) is 15.3. The van der Waals surface area contributed by atoms with Crippen LogP contribution >= 0.6 is 0 Å². The molecule has 0 aromatic heterocycles. The summed E-state index contributed by atoms with van der Waals surface area (Å²) >= 11 is 0. The van der Waals surface area contributed by atoms with Gasteiger partial charge in [-0.1, -0.05) is 12.1 Å². The van der Waals surface area contributed by atoms with Crippen LogP contribution < -0.4 is 0 Å². The minimum absolute atomic E-state index is 0.170. The summed E-state index contributed by atoms with van der Waals surface area (Å²) in [5.74, 6) is 1.69. The van der Waals surface area contributed by atoms with Gasteiger partial charge >= 0.3 is 13.1 Å². The van der Waals surface area contributed by atoms with E-state index in [4.69, 9.17) is 14.0 Å². The number of allylic oxidation sites excluding steroid dienone is 1. The van der Waals surface area contributed by atoms with Gasteiger partial charge in [0.15, 0.2) is 0 Å². The molecule has 0 spiro atoms. The Balaban J connectivity index is 2.35. The maximum Gasteiger partial charge on any atom is 0.486 e. The van der Waals surface area contributed by atoms with Crippen molar-refractivity contribution in [3.8, 4) is 0 Å². The van der Waals surface area contributed by atoms with Crippen molar-refractivity contribution in [3.05, 3.63) is 12.1 Å². The van der Waals surface area contributed by atoms with Gasteiger partial charge in [-0.15, -0.1) is 0 Å². The smallest absolute Gasteiger partial charge is 0.466 e. The molecule has 5 heteroatoms. The summed E-state index contributed by atoms with van der Waals surface area (Å²) in [5, 5.41) is 0. The summed E-state index contributed by atoms with van der Waals surface area (Å²) in [6, 6.07) is 0. The lowest BCUT2D eigenvalue weighted by Crippen LogP contribution is -2.41. The van der Waals surface area contributed by atoms with E-state index in [1.807, 2.05) is 39.7 Å². The fourth-order valence-electron chi connectivity index (χ4n) is 1.61. The zero-order chi connectivity index (χ0) is 13.8. The van der Waals surface area contributed by atoms with Crippen LogP contribution in [0, 0.1) is 0 Å². The van der Waals surface area contributed by atoms with Crippen LogP contribution in [0.4, 0.5) is 0 Å². The summed E-state index contributed by atoms with van der Waals surface area (Å²) in [6.07, 6.45) is 2.94. The SMILES string of the molecule is CCOC(=O)CC/C=C/B1OC(C)(C)C(C)(C)O1. The molecule has 1 rings (SSSR count). The van der Waals surface area contributed by atoms with Crippen molar-refractivity contribution in [3.63, 3.8) is 0 Å². The van der Waals surface area contributed by atoms with Crippen LogP contribution in [0.25, 0.3) is 0 Å². The summed E-state index contributed by atoms with van der Waals surface area (Å²) < 4.78 is 16.4. The molecule has 0 bridgehead atoms. The second kappa shape index (κ2) is 5.89. The molecule has 0 aromatic rings. The van der Waals surface area contributed by atoms with Crippen LogP contribution in [0.5, 0.6) is 0 Å². The number of ether oxygens (including phenoxy) is 1. The van der Waals surface area contributed by atoms with Crippen LogP contribution in [0.2, 0.25) is 0 Å². The Morgan fingerprint density at radius 2 is 1.78 bits per heavy atom. The van der Waals surface area contributed by atoms with E-state index in [0.717, 1.165) is 0 Å². The largest absolute Gasteiger partial charge is 0.486 e. The van der Waals surface area contributed by atoms with Crippen molar-refractivity contribution in [2.75, 3.05) is 6.61 Å². The molecule has 0 amide bonds. The van der Waals surface area contributed by atoms with Crippen LogP contribution in [0.1, 0.15) is 47.5 Å². The number of hydrogen-bond acceptors (Lipinski definition) is 4. The van der Waals surface area contributed by atoms with Crippen molar-refractivity contribution in [1.29, 1.82) is 0 Å². The molecule has 1 heterocycles. The number of hydrogen-bond donors (Lipinski definition) is 0. The molecule has 1 aliphatic heterocycles.